The van der Waals surface area contributed by atoms with Crippen molar-refractivity contribution in [3.8, 4) is 0 Å². The Bertz CT molecular complexity index is 473. The first-order valence-corrected chi connectivity index (χ1v) is 7.92. The lowest BCUT2D eigenvalue weighted by molar-refractivity contribution is 0.0636. The molecule has 1 heterocycles. The number of piperidine rings is 1. The van der Waals surface area contributed by atoms with Crippen LogP contribution in [-0.4, -0.2) is 55.5 Å². The van der Waals surface area contributed by atoms with Gasteiger partial charge in [0.1, 0.15) is 0 Å². The number of carbonyl (C=O) groups excluding carboxylic acids is 1. The van der Waals surface area contributed by atoms with Crippen molar-refractivity contribution in [2.45, 2.75) is 32.2 Å². The minimum Gasteiger partial charge on any atom is -0.384 e. The van der Waals surface area contributed by atoms with E-state index in [4.69, 9.17) is 0 Å². The van der Waals surface area contributed by atoms with Crippen LogP contribution < -0.4 is 5.32 Å². The zero-order valence-corrected chi connectivity index (χ0v) is 13.4. The molecule has 116 valence electrons. The molecule has 1 aromatic carbocycles. The third kappa shape index (κ3) is 3.97. The number of nitrogens with one attached hydrogen (secondary N) is 1. The quantitative estimate of drug-likeness (QED) is 0.905. The van der Waals surface area contributed by atoms with Crippen molar-refractivity contribution in [3.63, 3.8) is 0 Å². The Labute approximate surface area is 128 Å². The van der Waals surface area contributed by atoms with Crippen LogP contribution in [0.3, 0.4) is 0 Å². The highest BCUT2D eigenvalue weighted by Gasteiger charge is 2.26. The largest absolute Gasteiger partial charge is 0.384 e. The molecule has 1 aromatic rings. The van der Waals surface area contributed by atoms with E-state index < -0.39 is 0 Å². The fraction of sp³-hybridized carbons (Fsp3) is 0.588. The topological polar surface area (TPSA) is 35.6 Å². The molecule has 0 spiro atoms. The van der Waals surface area contributed by atoms with Crippen molar-refractivity contribution in [2.24, 2.45) is 0 Å². The summed E-state index contributed by atoms with van der Waals surface area (Å²) < 4.78 is 0. The molecular weight excluding hydrogens is 262 g/mol. The van der Waals surface area contributed by atoms with Gasteiger partial charge in [0, 0.05) is 31.4 Å². The molecule has 1 atom stereocenters. The normalized spacial score (nSPS) is 18.9. The smallest absolute Gasteiger partial charge is 0.256 e. The van der Waals surface area contributed by atoms with Crippen molar-refractivity contribution in [2.75, 3.05) is 39.0 Å². The minimum atomic E-state index is 0.153. The Morgan fingerprint density at radius 2 is 2.14 bits per heavy atom. The van der Waals surface area contributed by atoms with Crippen molar-refractivity contribution in [3.05, 3.63) is 29.8 Å². The lowest BCUT2D eigenvalue weighted by Crippen LogP contribution is -2.47. The van der Waals surface area contributed by atoms with Crippen molar-refractivity contribution in [1.29, 1.82) is 0 Å². The van der Waals surface area contributed by atoms with E-state index in [2.05, 4.69) is 31.2 Å². The van der Waals surface area contributed by atoms with Gasteiger partial charge in [-0.2, -0.15) is 0 Å². The van der Waals surface area contributed by atoms with Crippen LogP contribution in [-0.2, 0) is 0 Å². The molecule has 4 heteroatoms. The van der Waals surface area contributed by atoms with Crippen LogP contribution in [0.2, 0.25) is 0 Å². The van der Waals surface area contributed by atoms with Gasteiger partial charge in [0.25, 0.3) is 5.91 Å². The molecule has 1 unspecified atom stereocenters. The lowest BCUT2D eigenvalue weighted by atomic mass is 10.0. The second-order valence-electron chi connectivity index (χ2n) is 5.98. The number of likely N-dealkylation sites (tertiary alicyclic amines) is 1. The summed E-state index contributed by atoms with van der Waals surface area (Å²) in [6, 6.07) is 8.32. The van der Waals surface area contributed by atoms with Crippen molar-refractivity contribution in [1.82, 2.24) is 9.80 Å². The molecular formula is C17H27N3O. The van der Waals surface area contributed by atoms with Gasteiger partial charge >= 0.3 is 0 Å². The van der Waals surface area contributed by atoms with Gasteiger partial charge in [-0.1, -0.05) is 19.1 Å². The third-order valence-electron chi connectivity index (χ3n) is 4.14. The first-order chi connectivity index (χ1) is 10.1. The van der Waals surface area contributed by atoms with Crippen LogP contribution in [0.1, 0.15) is 36.5 Å². The Morgan fingerprint density at radius 3 is 2.86 bits per heavy atom. The molecule has 1 saturated heterocycles. The number of rotatable bonds is 5. The summed E-state index contributed by atoms with van der Waals surface area (Å²) in [6.45, 7) is 4.72. The summed E-state index contributed by atoms with van der Waals surface area (Å²) in [6.07, 6.45) is 3.31. The van der Waals surface area contributed by atoms with Gasteiger partial charge in [0.15, 0.2) is 0 Å². The number of carbonyl (C=O) groups is 1. The standard InChI is InChI=1S/C17H27N3O/c1-4-11-18-16-10-6-5-9-15(16)17(21)20-12-7-8-14(13-20)19(2)3/h5-6,9-10,14,18H,4,7-8,11-13H2,1-3H3. The molecule has 0 aliphatic carbocycles. The molecule has 1 N–H and O–H groups in total. The van der Waals surface area contributed by atoms with E-state index in [1.165, 1.54) is 6.42 Å². The fourth-order valence-electron chi connectivity index (χ4n) is 2.81. The number of hydrogen-bond donors (Lipinski definition) is 1. The van der Waals surface area contributed by atoms with Gasteiger partial charge in [0.05, 0.1) is 5.56 Å². The van der Waals surface area contributed by atoms with Crippen LogP contribution in [0.4, 0.5) is 5.69 Å². The Balaban J connectivity index is 2.12. The number of amides is 1. The second kappa shape index (κ2) is 7.46. The van der Waals surface area contributed by atoms with Gasteiger partial charge in [-0.25, -0.2) is 0 Å². The van der Waals surface area contributed by atoms with E-state index in [0.29, 0.717) is 6.04 Å². The molecule has 0 bridgehead atoms. The summed E-state index contributed by atoms with van der Waals surface area (Å²) in [5.74, 6) is 0.153. The molecule has 1 aliphatic rings. The first-order valence-electron chi connectivity index (χ1n) is 7.92. The molecule has 1 aliphatic heterocycles. The van der Waals surface area contributed by atoms with E-state index in [0.717, 1.165) is 43.7 Å². The molecule has 1 fully saturated rings. The summed E-state index contributed by atoms with van der Waals surface area (Å²) >= 11 is 0. The number of hydrogen-bond acceptors (Lipinski definition) is 3. The summed E-state index contributed by atoms with van der Waals surface area (Å²) in [7, 11) is 4.19. The van der Waals surface area contributed by atoms with Crippen molar-refractivity contribution >= 4 is 11.6 Å². The van der Waals surface area contributed by atoms with Crippen LogP contribution in [0.15, 0.2) is 24.3 Å². The Kier molecular flexibility index (Phi) is 5.62. The van der Waals surface area contributed by atoms with Crippen LogP contribution in [0.25, 0.3) is 0 Å². The predicted molar refractivity (Wildman–Crippen MR) is 87.8 cm³/mol. The van der Waals surface area contributed by atoms with Crippen molar-refractivity contribution < 1.29 is 4.79 Å². The molecule has 4 nitrogen and oxygen atoms in total. The minimum absolute atomic E-state index is 0.153. The SMILES string of the molecule is CCCNc1ccccc1C(=O)N1CCCC(N(C)C)C1. The first kappa shape index (κ1) is 15.8. The molecule has 2 rings (SSSR count). The fourth-order valence-corrected chi connectivity index (χ4v) is 2.81. The zero-order chi connectivity index (χ0) is 15.2. The highest BCUT2D eigenvalue weighted by Crippen LogP contribution is 2.21. The molecule has 1 amide bonds. The molecule has 0 radical (unpaired) electrons. The Hall–Kier alpha value is -1.55. The highest BCUT2D eigenvalue weighted by molar-refractivity contribution is 5.99. The van der Waals surface area contributed by atoms with E-state index in [-0.39, 0.29) is 5.91 Å². The number of benzene rings is 1. The van der Waals surface area contributed by atoms with Crippen LogP contribution in [0, 0.1) is 0 Å². The van der Waals surface area contributed by atoms with Crippen LogP contribution in [0.5, 0.6) is 0 Å². The van der Waals surface area contributed by atoms with Gasteiger partial charge in [-0.3, -0.25) is 4.79 Å². The van der Waals surface area contributed by atoms with Gasteiger partial charge in [0.2, 0.25) is 0 Å². The zero-order valence-electron chi connectivity index (χ0n) is 13.4. The highest BCUT2D eigenvalue weighted by atomic mass is 16.2. The second-order valence-corrected chi connectivity index (χ2v) is 5.98. The Morgan fingerprint density at radius 1 is 1.38 bits per heavy atom. The average Bonchev–Trinajstić information content (AvgIpc) is 2.52. The van der Waals surface area contributed by atoms with E-state index >= 15 is 0 Å². The van der Waals surface area contributed by atoms with Gasteiger partial charge in [-0.05, 0) is 45.5 Å². The number of nitrogens with zero attached hydrogens (tertiary/aromatic N) is 2. The van der Waals surface area contributed by atoms with E-state index in [9.17, 15) is 4.79 Å². The maximum Gasteiger partial charge on any atom is 0.256 e. The lowest BCUT2D eigenvalue weighted by Gasteiger charge is -2.36. The molecule has 21 heavy (non-hydrogen) atoms. The summed E-state index contributed by atoms with van der Waals surface area (Å²) in [5.41, 5.74) is 1.75. The number of likely N-dealkylation sites (N-methyl/N-ethyl adjacent to an activating group) is 1. The maximum absolute atomic E-state index is 12.8. The maximum atomic E-state index is 12.8. The summed E-state index contributed by atoms with van der Waals surface area (Å²) in [5, 5.41) is 3.36. The van der Waals surface area contributed by atoms with E-state index in [1.807, 2.05) is 29.2 Å². The monoisotopic (exact) mass is 289 g/mol. The molecule has 0 aromatic heterocycles. The summed E-state index contributed by atoms with van der Waals surface area (Å²) in [4.78, 5) is 17.0. The van der Waals surface area contributed by atoms with Gasteiger partial charge in [-0.15, -0.1) is 0 Å². The number of para-hydroxylation sites is 1. The molecule has 0 saturated carbocycles. The third-order valence-corrected chi connectivity index (χ3v) is 4.14. The van der Waals surface area contributed by atoms with Crippen LogP contribution >= 0.6 is 0 Å². The van der Waals surface area contributed by atoms with Gasteiger partial charge < -0.3 is 15.1 Å². The average molecular weight is 289 g/mol. The predicted octanol–water partition coefficient (Wildman–Crippen LogP) is 2.67. The van der Waals surface area contributed by atoms with E-state index in [1.54, 1.807) is 0 Å². The number of anilines is 1.